The van der Waals surface area contributed by atoms with Crippen LogP contribution in [-0.2, 0) is 0 Å². The smallest absolute Gasteiger partial charge is 0.0679 e. The summed E-state index contributed by atoms with van der Waals surface area (Å²) >= 11 is 5.20. The Morgan fingerprint density at radius 1 is 1.69 bits per heavy atom. The molecule has 0 bridgehead atoms. The summed E-state index contributed by atoms with van der Waals surface area (Å²) in [6.07, 6.45) is 0.667. The largest absolute Gasteiger partial charge is 0.392 e. The Bertz CT molecular complexity index is 356. The summed E-state index contributed by atoms with van der Waals surface area (Å²) in [6, 6.07) is 2.44. The second kappa shape index (κ2) is 5.14. The van der Waals surface area contributed by atoms with Gasteiger partial charge in [0.05, 0.1) is 12.1 Å². The van der Waals surface area contributed by atoms with Gasteiger partial charge in [0.2, 0.25) is 0 Å². The van der Waals surface area contributed by atoms with Crippen LogP contribution in [0.25, 0.3) is 0 Å². The molecule has 1 aliphatic rings. The second-order valence-corrected chi connectivity index (χ2v) is 6.27. The van der Waals surface area contributed by atoms with E-state index in [9.17, 15) is 5.11 Å². The number of nitrogens with two attached hydrogens (primary N) is 1. The zero-order valence-corrected chi connectivity index (χ0v) is 11.7. The van der Waals surface area contributed by atoms with Gasteiger partial charge >= 0.3 is 0 Å². The Morgan fingerprint density at radius 2 is 2.44 bits per heavy atom. The number of thiophene rings is 1. The lowest BCUT2D eigenvalue weighted by Crippen LogP contribution is -2.38. The number of β-amino-alcohol motifs (C(OH)–C–C–N with tert-alkyl or cyclic N) is 1. The van der Waals surface area contributed by atoms with E-state index in [0.29, 0.717) is 0 Å². The third kappa shape index (κ3) is 2.65. The van der Waals surface area contributed by atoms with E-state index in [1.807, 2.05) is 6.92 Å². The van der Waals surface area contributed by atoms with E-state index in [4.69, 9.17) is 5.73 Å². The Balaban J connectivity index is 2.17. The molecule has 0 aromatic carbocycles. The van der Waals surface area contributed by atoms with E-state index in [0.717, 1.165) is 24.0 Å². The fourth-order valence-electron chi connectivity index (χ4n) is 2.28. The van der Waals surface area contributed by atoms with Crippen molar-refractivity contribution in [3.63, 3.8) is 0 Å². The van der Waals surface area contributed by atoms with Crippen molar-refractivity contribution in [3.8, 4) is 0 Å². The first-order valence-corrected chi connectivity index (χ1v) is 7.17. The van der Waals surface area contributed by atoms with Crippen molar-refractivity contribution in [1.82, 2.24) is 4.90 Å². The maximum Gasteiger partial charge on any atom is 0.0679 e. The van der Waals surface area contributed by atoms with Crippen molar-refractivity contribution >= 4 is 27.3 Å². The summed E-state index contributed by atoms with van der Waals surface area (Å²) < 4.78 is 1.11. The molecule has 0 aliphatic carbocycles. The monoisotopic (exact) mass is 304 g/mol. The average molecular weight is 305 g/mol. The van der Waals surface area contributed by atoms with Gasteiger partial charge in [0.1, 0.15) is 0 Å². The van der Waals surface area contributed by atoms with Crippen LogP contribution in [0.3, 0.4) is 0 Å². The molecule has 2 rings (SSSR count). The van der Waals surface area contributed by atoms with Gasteiger partial charge in [0.25, 0.3) is 0 Å². The van der Waals surface area contributed by atoms with E-state index in [1.54, 1.807) is 11.3 Å². The van der Waals surface area contributed by atoms with Crippen molar-refractivity contribution in [3.05, 3.63) is 20.8 Å². The number of aliphatic hydroxyl groups is 1. The van der Waals surface area contributed by atoms with Gasteiger partial charge in [-0.25, -0.2) is 0 Å². The number of rotatable bonds is 3. The van der Waals surface area contributed by atoms with Crippen molar-refractivity contribution < 1.29 is 5.11 Å². The molecule has 3 atom stereocenters. The summed E-state index contributed by atoms with van der Waals surface area (Å²) in [5.74, 6) is 0. The molecule has 1 fully saturated rings. The Labute approximate surface area is 108 Å². The molecule has 1 aliphatic heterocycles. The van der Waals surface area contributed by atoms with Crippen molar-refractivity contribution in [2.45, 2.75) is 31.5 Å². The zero-order chi connectivity index (χ0) is 11.7. The summed E-state index contributed by atoms with van der Waals surface area (Å²) in [7, 11) is 0. The maximum atomic E-state index is 9.59. The first-order valence-electron chi connectivity index (χ1n) is 5.49. The number of hydrogen-bond acceptors (Lipinski definition) is 4. The summed E-state index contributed by atoms with van der Waals surface area (Å²) in [5, 5.41) is 11.7. The fraction of sp³-hybridized carbons (Fsp3) is 0.636. The predicted molar refractivity (Wildman–Crippen MR) is 70.6 cm³/mol. The highest BCUT2D eigenvalue weighted by atomic mass is 79.9. The molecule has 3 unspecified atom stereocenters. The molecule has 1 saturated heterocycles. The van der Waals surface area contributed by atoms with Crippen molar-refractivity contribution in [2.24, 2.45) is 5.73 Å². The second-order valence-electron chi connectivity index (χ2n) is 4.41. The molecular weight excluding hydrogens is 288 g/mol. The molecular formula is C11H17BrN2OS. The highest BCUT2D eigenvalue weighted by molar-refractivity contribution is 9.10. The first-order chi connectivity index (χ1) is 7.58. The summed E-state index contributed by atoms with van der Waals surface area (Å²) in [4.78, 5) is 3.56. The van der Waals surface area contributed by atoms with Gasteiger partial charge in [-0.05, 0) is 35.3 Å². The molecule has 0 radical (unpaired) electrons. The minimum atomic E-state index is -0.190. The van der Waals surface area contributed by atoms with Crippen LogP contribution in [0.5, 0.6) is 0 Å². The average Bonchev–Trinajstić information content (AvgIpc) is 2.76. The maximum absolute atomic E-state index is 9.59. The number of aliphatic hydroxyl groups excluding tert-OH is 1. The standard InChI is InChI=1S/C11H17BrN2OS/c1-7(13)11(10-4-8(12)6-16-10)14-3-2-9(15)5-14/h4,6-7,9,11,15H,2-3,5,13H2,1H3. The topological polar surface area (TPSA) is 49.5 Å². The third-order valence-electron chi connectivity index (χ3n) is 2.97. The molecule has 1 aromatic heterocycles. The van der Waals surface area contributed by atoms with Crippen LogP contribution in [0.1, 0.15) is 24.3 Å². The lowest BCUT2D eigenvalue weighted by molar-refractivity contribution is 0.153. The Kier molecular flexibility index (Phi) is 4.02. The highest BCUT2D eigenvalue weighted by Gasteiger charge is 2.31. The van der Waals surface area contributed by atoms with Crippen LogP contribution in [0.2, 0.25) is 0 Å². The minimum absolute atomic E-state index is 0.0795. The van der Waals surface area contributed by atoms with Crippen LogP contribution < -0.4 is 5.73 Å². The van der Waals surface area contributed by atoms with E-state index >= 15 is 0 Å². The molecule has 0 saturated carbocycles. The van der Waals surface area contributed by atoms with Gasteiger partial charge in [-0.15, -0.1) is 11.3 Å². The normalized spacial score (nSPS) is 25.9. The molecule has 1 aromatic rings. The van der Waals surface area contributed by atoms with Gasteiger partial charge in [-0.3, -0.25) is 4.90 Å². The van der Waals surface area contributed by atoms with Crippen LogP contribution in [0, 0.1) is 0 Å². The van der Waals surface area contributed by atoms with Gasteiger partial charge in [-0.2, -0.15) is 0 Å². The molecule has 0 spiro atoms. The van der Waals surface area contributed by atoms with E-state index in [1.165, 1.54) is 4.88 Å². The summed E-state index contributed by atoms with van der Waals surface area (Å²) in [6.45, 7) is 3.70. The van der Waals surface area contributed by atoms with Gasteiger partial charge in [-0.1, -0.05) is 0 Å². The Morgan fingerprint density at radius 3 is 2.88 bits per heavy atom. The zero-order valence-electron chi connectivity index (χ0n) is 9.27. The van der Waals surface area contributed by atoms with E-state index in [2.05, 4.69) is 32.3 Å². The summed E-state index contributed by atoms with van der Waals surface area (Å²) in [5.41, 5.74) is 6.07. The minimum Gasteiger partial charge on any atom is -0.392 e. The fourth-order valence-corrected chi connectivity index (χ4v) is 3.97. The van der Waals surface area contributed by atoms with Crippen LogP contribution in [0.15, 0.2) is 15.9 Å². The van der Waals surface area contributed by atoms with Gasteiger partial charge in [0.15, 0.2) is 0 Å². The van der Waals surface area contributed by atoms with Crippen molar-refractivity contribution in [2.75, 3.05) is 13.1 Å². The SMILES string of the molecule is CC(N)C(c1cc(Br)cs1)N1CCC(O)C1. The molecule has 3 N–H and O–H groups in total. The lowest BCUT2D eigenvalue weighted by Gasteiger charge is -2.29. The third-order valence-corrected chi connectivity index (χ3v) is 4.73. The molecule has 5 heteroatoms. The predicted octanol–water partition coefficient (Wildman–Crippen LogP) is 1.97. The molecule has 0 amide bonds. The van der Waals surface area contributed by atoms with Crippen LogP contribution in [-0.4, -0.2) is 35.2 Å². The molecule has 90 valence electrons. The van der Waals surface area contributed by atoms with Gasteiger partial charge in [0, 0.05) is 33.9 Å². The Hall–Kier alpha value is 0.0600. The molecule has 3 nitrogen and oxygen atoms in total. The van der Waals surface area contributed by atoms with Crippen molar-refractivity contribution in [1.29, 1.82) is 0 Å². The first kappa shape index (κ1) is 12.5. The van der Waals surface area contributed by atoms with E-state index < -0.39 is 0 Å². The number of nitrogens with zero attached hydrogens (tertiary/aromatic N) is 1. The van der Waals surface area contributed by atoms with Crippen LogP contribution >= 0.6 is 27.3 Å². The molecule has 16 heavy (non-hydrogen) atoms. The van der Waals surface area contributed by atoms with Crippen LogP contribution in [0.4, 0.5) is 0 Å². The number of likely N-dealkylation sites (tertiary alicyclic amines) is 1. The highest BCUT2D eigenvalue weighted by Crippen LogP contribution is 2.33. The van der Waals surface area contributed by atoms with E-state index in [-0.39, 0.29) is 18.2 Å². The quantitative estimate of drug-likeness (QED) is 0.897. The number of hydrogen-bond donors (Lipinski definition) is 2. The number of halogens is 1. The lowest BCUT2D eigenvalue weighted by atomic mass is 10.1. The van der Waals surface area contributed by atoms with Gasteiger partial charge < -0.3 is 10.8 Å². The molecule has 2 heterocycles.